The summed E-state index contributed by atoms with van der Waals surface area (Å²) in [5.41, 5.74) is 2.17. The molecule has 1 atom stereocenters. The Hall–Kier alpha value is -1.57. The average Bonchev–Trinajstić information content (AvgIpc) is 3.29. The molecule has 0 saturated carbocycles. The second-order valence-electron chi connectivity index (χ2n) is 6.16. The predicted molar refractivity (Wildman–Crippen MR) is 99.2 cm³/mol. The van der Waals surface area contributed by atoms with Crippen molar-refractivity contribution in [1.29, 1.82) is 0 Å². The van der Waals surface area contributed by atoms with Gasteiger partial charge in [-0.3, -0.25) is 9.69 Å². The molecule has 1 aromatic heterocycles. The Balaban J connectivity index is 1.80. The van der Waals surface area contributed by atoms with E-state index in [2.05, 4.69) is 20.8 Å². The molecule has 5 nitrogen and oxygen atoms in total. The quantitative estimate of drug-likeness (QED) is 0.694. The van der Waals surface area contributed by atoms with Gasteiger partial charge in [-0.05, 0) is 46.4 Å². The molecule has 0 N–H and O–H groups in total. The first-order valence-corrected chi connectivity index (χ1v) is 9.73. The maximum absolute atomic E-state index is 12.7. The normalized spacial score (nSPS) is 18.9. The number of hydrogen-bond donors (Lipinski definition) is 0. The molecule has 0 spiro atoms. The molecule has 0 aliphatic carbocycles. The van der Waals surface area contributed by atoms with Gasteiger partial charge in [0, 0.05) is 24.6 Å². The topological polar surface area (TPSA) is 48.0 Å². The van der Waals surface area contributed by atoms with Gasteiger partial charge in [-0.25, -0.2) is 0 Å². The number of rotatable bonds is 4. The molecule has 1 unspecified atom stereocenters. The van der Waals surface area contributed by atoms with E-state index in [1.165, 1.54) is 11.3 Å². The van der Waals surface area contributed by atoms with E-state index in [0.29, 0.717) is 23.7 Å². The summed E-state index contributed by atoms with van der Waals surface area (Å²) in [4.78, 5) is 15.7. The summed E-state index contributed by atoms with van der Waals surface area (Å²) < 4.78 is 17.9. The van der Waals surface area contributed by atoms with E-state index in [1.807, 2.05) is 24.6 Å². The van der Waals surface area contributed by atoms with Gasteiger partial charge in [0.2, 0.25) is 12.5 Å². The van der Waals surface area contributed by atoms with Crippen molar-refractivity contribution in [3.05, 3.63) is 38.0 Å². The zero-order valence-corrected chi connectivity index (χ0v) is 16.4. The van der Waals surface area contributed by atoms with E-state index in [9.17, 15) is 4.79 Å². The van der Waals surface area contributed by atoms with Gasteiger partial charge in [0.25, 0.3) is 0 Å². The van der Waals surface area contributed by atoms with Crippen LogP contribution >= 0.6 is 27.3 Å². The molecule has 0 saturated heterocycles. The summed E-state index contributed by atoms with van der Waals surface area (Å²) in [5, 5.41) is 1.93. The third kappa shape index (κ3) is 2.74. The minimum absolute atomic E-state index is 0.0564. The zero-order chi connectivity index (χ0) is 17.6. The van der Waals surface area contributed by atoms with Gasteiger partial charge >= 0.3 is 0 Å². The lowest BCUT2D eigenvalue weighted by molar-refractivity contribution is 0.0929. The number of carbonyl (C=O) groups is 1. The molecule has 3 heterocycles. The van der Waals surface area contributed by atoms with Crippen LogP contribution in [-0.4, -0.2) is 38.2 Å². The van der Waals surface area contributed by atoms with Gasteiger partial charge in [0.05, 0.1) is 16.5 Å². The van der Waals surface area contributed by atoms with Crippen molar-refractivity contribution in [2.45, 2.75) is 18.9 Å². The number of thiophene rings is 1. The fourth-order valence-corrected chi connectivity index (χ4v) is 4.94. The molecule has 2 aliphatic rings. The molecule has 2 aromatic rings. The number of carbonyl (C=O) groups excluding carboxylic acids is 1. The van der Waals surface area contributed by atoms with Crippen molar-refractivity contribution in [2.75, 3.05) is 27.5 Å². The lowest BCUT2D eigenvalue weighted by Crippen LogP contribution is -2.34. The number of hydrogen-bond acceptors (Lipinski definition) is 6. The van der Waals surface area contributed by atoms with Crippen LogP contribution in [0.3, 0.4) is 0 Å². The molecule has 0 bridgehead atoms. The highest BCUT2D eigenvalue weighted by Gasteiger charge is 2.37. The monoisotopic (exact) mass is 423 g/mol. The predicted octanol–water partition coefficient (Wildman–Crippen LogP) is 4.05. The molecular formula is C18H18BrNO4S. The largest absolute Gasteiger partial charge is 0.492 e. The van der Waals surface area contributed by atoms with Crippen LogP contribution in [-0.2, 0) is 6.42 Å². The van der Waals surface area contributed by atoms with E-state index >= 15 is 0 Å². The molecule has 4 rings (SSSR count). The van der Waals surface area contributed by atoms with Gasteiger partial charge in [-0.1, -0.05) is 6.07 Å². The Labute approximate surface area is 158 Å². The summed E-state index contributed by atoms with van der Waals surface area (Å²) >= 11 is 5.15. The van der Waals surface area contributed by atoms with Crippen LogP contribution in [0.4, 0.5) is 0 Å². The second-order valence-corrected chi connectivity index (χ2v) is 7.90. The van der Waals surface area contributed by atoms with Crippen LogP contribution in [0.25, 0.3) is 0 Å². The zero-order valence-electron chi connectivity index (χ0n) is 14.0. The fourth-order valence-electron chi connectivity index (χ4n) is 3.56. The third-order valence-corrected chi connectivity index (χ3v) is 6.56. The summed E-state index contributed by atoms with van der Waals surface area (Å²) in [6.45, 7) is 1.05. The Morgan fingerprint density at radius 2 is 2.24 bits per heavy atom. The van der Waals surface area contributed by atoms with Gasteiger partial charge in [0.1, 0.15) is 0 Å². The maximum Gasteiger partial charge on any atom is 0.231 e. The highest BCUT2D eigenvalue weighted by atomic mass is 79.9. The van der Waals surface area contributed by atoms with Gasteiger partial charge in [-0.15, -0.1) is 11.3 Å². The van der Waals surface area contributed by atoms with Crippen molar-refractivity contribution in [3.8, 4) is 17.2 Å². The number of ketones is 1. The number of methoxy groups -OCH3 is 1. The fraction of sp³-hybridized carbons (Fsp3) is 0.389. The molecular weight excluding hydrogens is 406 g/mol. The molecule has 25 heavy (non-hydrogen) atoms. The van der Waals surface area contributed by atoms with Crippen LogP contribution in [0.1, 0.15) is 33.3 Å². The smallest absolute Gasteiger partial charge is 0.231 e. The summed E-state index contributed by atoms with van der Waals surface area (Å²) in [6, 6.07) is 3.73. The van der Waals surface area contributed by atoms with E-state index in [4.69, 9.17) is 14.2 Å². The molecule has 132 valence electrons. The molecule has 0 amide bonds. The Morgan fingerprint density at radius 1 is 1.44 bits per heavy atom. The Bertz CT molecular complexity index is 821. The van der Waals surface area contributed by atoms with Crippen LogP contribution in [0.15, 0.2) is 22.0 Å². The van der Waals surface area contributed by atoms with Crippen molar-refractivity contribution in [3.63, 3.8) is 0 Å². The molecule has 2 aliphatic heterocycles. The number of ether oxygens (including phenoxy) is 3. The van der Waals surface area contributed by atoms with Crippen LogP contribution < -0.4 is 14.2 Å². The third-order valence-electron chi connectivity index (χ3n) is 4.81. The number of likely N-dealkylation sites (N-methyl/N-ethyl adjacent to an activating group) is 1. The minimum atomic E-state index is -0.0564. The summed E-state index contributed by atoms with van der Waals surface area (Å²) in [6.07, 6.45) is 1.27. The standard InChI is InChI=1S/C18H18BrNO4S/c1-20-6-5-10-14(11(20)8-12(21)13-4-3-7-25-13)16(22-2)18-17(15(10)19)23-9-24-18/h3-4,7,11H,5-6,8-9H2,1-2H3. The number of nitrogens with zero attached hydrogens (tertiary/aromatic N) is 1. The number of halogens is 1. The minimum Gasteiger partial charge on any atom is -0.492 e. The summed E-state index contributed by atoms with van der Waals surface area (Å²) in [5.74, 6) is 2.15. The van der Waals surface area contributed by atoms with Crippen molar-refractivity contribution < 1.29 is 19.0 Å². The van der Waals surface area contributed by atoms with E-state index in [0.717, 1.165) is 33.4 Å². The van der Waals surface area contributed by atoms with Gasteiger partial charge < -0.3 is 14.2 Å². The Morgan fingerprint density at radius 3 is 2.96 bits per heavy atom. The van der Waals surface area contributed by atoms with Crippen molar-refractivity contribution >= 4 is 33.0 Å². The van der Waals surface area contributed by atoms with Crippen LogP contribution in [0.5, 0.6) is 17.2 Å². The highest BCUT2D eigenvalue weighted by molar-refractivity contribution is 9.10. The number of fused-ring (bicyclic) bond motifs is 2. The second kappa shape index (κ2) is 6.63. The molecule has 1 aromatic carbocycles. The first-order chi connectivity index (χ1) is 12.1. The maximum atomic E-state index is 12.7. The Kier molecular flexibility index (Phi) is 4.47. The van der Waals surface area contributed by atoms with Gasteiger partial charge in [0.15, 0.2) is 17.3 Å². The molecule has 7 heteroatoms. The molecule has 0 fully saturated rings. The van der Waals surface area contributed by atoms with Crippen LogP contribution in [0, 0.1) is 0 Å². The lowest BCUT2D eigenvalue weighted by atomic mass is 9.88. The molecule has 0 radical (unpaired) electrons. The average molecular weight is 424 g/mol. The van der Waals surface area contributed by atoms with Crippen molar-refractivity contribution in [2.24, 2.45) is 0 Å². The first kappa shape index (κ1) is 16.9. The van der Waals surface area contributed by atoms with E-state index in [1.54, 1.807) is 7.11 Å². The van der Waals surface area contributed by atoms with Gasteiger partial charge in [-0.2, -0.15) is 0 Å². The number of Topliss-reactive ketones (excluding diaryl/α,β-unsaturated/α-hetero) is 1. The lowest BCUT2D eigenvalue weighted by Gasteiger charge is -2.36. The highest BCUT2D eigenvalue weighted by Crippen LogP contribution is 2.54. The van der Waals surface area contributed by atoms with E-state index < -0.39 is 0 Å². The van der Waals surface area contributed by atoms with E-state index in [-0.39, 0.29) is 18.6 Å². The number of benzene rings is 1. The SMILES string of the molecule is COc1c2c(c(Br)c3c1C(CC(=O)c1cccs1)N(C)CC3)OCO2. The van der Waals surface area contributed by atoms with Crippen molar-refractivity contribution in [1.82, 2.24) is 4.90 Å². The van der Waals surface area contributed by atoms with Crippen LogP contribution in [0.2, 0.25) is 0 Å². The summed E-state index contributed by atoms with van der Waals surface area (Å²) in [7, 11) is 3.69. The first-order valence-electron chi connectivity index (χ1n) is 8.06.